The minimum absolute atomic E-state index is 0.100. The number of hydrogen-bond acceptors (Lipinski definition) is 4. The van der Waals surface area contributed by atoms with E-state index in [0.717, 1.165) is 0 Å². The summed E-state index contributed by atoms with van der Waals surface area (Å²) in [5.41, 5.74) is 0.874. The van der Waals surface area contributed by atoms with Crippen molar-refractivity contribution in [3.8, 4) is 0 Å². The highest BCUT2D eigenvalue weighted by molar-refractivity contribution is 6.34. The van der Waals surface area contributed by atoms with Gasteiger partial charge in [0.1, 0.15) is 18.7 Å². The van der Waals surface area contributed by atoms with Crippen molar-refractivity contribution in [2.45, 2.75) is 26.8 Å². The van der Waals surface area contributed by atoms with Crippen LogP contribution in [0, 0.1) is 0 Å². The molecule has 128 valence electrons. The second-order valence-corrected chi connectivity index (χ2v) is 5.62. The number of anilines is 1. The van der Waals surface area contributed by atoms with Gasteiger partial charge in [-0.1, -0.05) is 11.6 Å². The van der Waals surface area contributed by atoms with Gasteiger partial charge in [-0.2, -0.15) is 5.10 Å². The monoisotopic (exact) mass is 349 g/mol. The topological polar surface area (TPSA) is 80.1 Å². The summed E-state index contributed by atoms with van der Waals surface area (Å²) < 4.78 is 1.44. The number of hydrogen-bond donors (Lipinski definition) is 1. The highest BCUT2D eigenvalue weighted by Gasteiger charge is 2.19. The van der Waals surface area contributed by atoms with E-state index in [2.05, 4.69) is 15.4 Å². The Morgan fingerprint density at radius 2 is 2.04 bits per heavy atom. The van der Waals surface area contributed by atoms with E-state index < -0.39 is 6.04 Å². The molecule has 0 bridgehead atoms. The molecular formula is C16H20ClN5O2. The maximum absolute atomic E-state index is 12.4. The van der Waals surface area contributed by atoms with Crippen LogP contribution < -0.4 is 5.32 Å². The van der Waals surface area contributed by atoms with Crippen LogP contribution in [-0.2, 0) is 4.79 Å². The number of rotatable bonds is 6. The second-order valence-electron chi connectivity index (χ2n) is 5.21. The van der Waals surface area contributed by atoms with Gasteiger partial charge in [0.25, 0.3) is 5.91 Å². The van der Waals surface area contributed by atoms with E-state index in [-0.39, 0.29) is 11.8 Å². The molecule has 0 aliphatic rings. The normalized spacial score (nSPS) is 11.8. The van der Waals surface area contributed by atoms with Gasteiger partial charge >= 0.3 is 0 Å². The van der Waals surface area contributed by atoms with Crippen molar-refractivity contribution in [3.05, 3.63) is 41.4 Å². The van der Waals surface area contributed by atoms with E-state index in [1.165, 1.54) is 17.3 Å². The number of nitrogens with one attached hydrogen (secondary N) is 1. The number of carbonyl (C=O) groups excluding carboxylic acids is 2. The van der Waals surface area contributed by atoms with Gasteiger partial charge in [-0.3, -0.25) is 9.59 Å². The first-order chi connectivity index (χ1) is 11.5. The van der Waals surface area contributed by atoms with Gasteiger partial charge in [-0.15, -0.1) is 0 Å². The molecule has 1 N–H and O–H groups in total. The average molecular weight is 350 g/mol. The quantitative estimate of drug-likeness (QED) is 0.869. The zero-order valence-corrected chi connectivity index (χ0v) is 14.6. The van der Waals surface area contributed by atoms with Crippen molar-refractivity contribution in [1.82, 2.24) is 19.7 Å². The number of halogens is 1. The molecule has 1 aromatic carbocycles. The predicted octanol–water partition coefficient (Wildman–Crippen LogP) is 2.61. The summed E-state index contributed by atoms with van der Waals surface area (Å²) in [7, 11) is 0. The Morgan fingerprint density at radius 1 is 1.33 bits per heavy atom. The third kappa shape index (κ3) is 3.91. The minimum Gasteiger partial charge on any atom is -0.339 e. The molecule has 0 fully saturated rings. The van der Waals surface area contributed by atoms with E-state index in [0.29, 0.717) is 29.4 Å². The molecular weight excluding hydrogens is 330 g/mol. The van der Waals surface area contributed by atoms with Crippen LogP contribution in [0.2, 0.25) is 5.02 Å². The number of benzene rings is 1. The fourth-order valence-electron chi connectivity index (χ4n) is 2.22. The minimum atomic E-state index is -0.550. The van der Waals surface area contributed by atoms with E-state index in [1.54, 1.807) is 30.0 Å². The Balaban J connectivity index is 2.19. The molecule has 0 spiro atoms. The third-order valence-electron chi connectivity index (χ3n) is 3.73. The standard InChI is InChI=1S/C16H20ClN5O2/c1-4-21(5-2)16(24)12-6-7-13(17)14(8-12)20-15(23)11(3)22-10-18-9-19-22/h6-11H,4-5H2,1-3H3,(H,20,23)/t11-/m0/s1. The van der Waals surface area contributed by atoms with Crippen molar-refractivity contribution < 1.29 is 9.59 Å². The Hall–Kier alpha value is -2.41. The summed E-state index contributed by atoms with van der Waals surface area (Å²) in [4.78, 5) is 30.3. The van der Waals surface area contributed by atoms with Gasteiger partial charge in [0.05, 0.1) is 10.7 Å². The summed E-state index contributed by atoms with van der Waals surface area (Å²) in [6.45, 7) is 6.76. The van der Waals surface area contributed by atoms with Crippen LogP contribution in [0.15, 0.2) is 30.9 Å². The Kier molecular flexibility index (Phi) is 5.92. The highest BCUT2D eigenvalue weighted by atomic mass is 35.5. The second kappa shape index (κ2) is 7.92. The molecule has 0 saturated heterocycles. The third-order valence-corrected chi connectivity index (χ3v) is 4.06. The Labute approximate surface area is 145 Å². The number of nitrogens with zero attached hydrogens (tertiary/aromatic N) is 4. The van der Waals surface area contributed by atoms with E-state index in [4.69, 9.17) is 11.6 Å². The molecule has 2 amide bonds. The fraction of sp³-hybridized carbons (Fsp3) is 0.375. The molecule has 0 unspecified atom stereocenters. The van der Waals surface area contributed by atoms with E-state index in [9.17, 15) is 9.59 Å². The first-order valence-electron chi connectivity index (χ1n) is 7.71. The van der Waals surface area contributed by atoms with Gasteiger partial charge in [0, 0.05) is 18.7 Å². The predicted molar refractivity (Wildman–Crippen MR) is 92.1 cm³/mol. The molecule has 2 aromatic rings. The molecule has 1 atom stereocenters. The average Bonchev–Trinajstić information content (AvgIpc) is 3.11. The van der Waals surface area contributed by atoms with Crippen LogP contribution in [0.25, 0.3) is 0 Å². The van der Waals surface area contributed by atoms with Crippen LogP contribution in [0.1, 0.15) is 37.2 Å². The molecule has 8 heteroatoms. The highest BCUT2D eigenvalue weighted by Crippen LogP contribution is 2.24. The number of carbonyl (C=O) groups is 2. The first kappa shape index (κ1) is 17.9. The van der Waals surface area contributed by atoms with E-state index in [1.807, 2.05) is 13.8 Å². The van der Waals surface area contributed by atoms with Gasteiger partial charge in [0.2, 0.25) is 5.91 Å². The largest absolute Gasteiger partial charge is 0.339 e. The lowest BCUT2D eigenvalue weighted by molar-refractivity contribution is -0.119. The molecule has 0 aliphatic carbocycles. The smallest absolute Gasteiger partial charge is 0.253 e. The van der Waals surface area contributed by atoms with Crippen LogP contribution in [0.4, 0.5) is 5.69 Å². The van der Waals surface area contributed by atoms with Crippen LogP contribution >= 0.6 is 11.6 Å². The molecule has 2 rings (SSSR count). The summed E-state index contributed by atoms with van der Waals surface area (Å²) in [6.07, 6.45) is 2.83. The zero-order chi connectivity index (χ0) is 17.7. The van der Waals surface area contributed by atoms with Crippen molar-refractivity contribution in [1.29, 1.82) is 0 Å². The molecule has 24 heavy (non-hydrogen) atoms. The van der Waals surface area contributed by atoms with Gasteiger partial charge in [-0.05, 0) is 39.0 Å². The molecule has 7 nitrogen and oxygen atoms in total. The summed E-state index contributed by atoms with van der Waals surface area (Å²) >= 11 is 6.15. The first-order valence-corrected chi connectivity index (χ1v) is 8.09. The molecule has 0 aliphatic heterocycles. The van der Waals surface area contributed by atoms with Gasteiger partial charge < -0.3 is 10.2 Å². The lowest BCUT2D eigenvalue weighted by Gasteiger charge is -2.19. The van der Waals surface area contributed by atoms with Crippen molar-refractivity contribution in [2.24, 2.45) is 0 Å². The zero-order valence-electron chi connectivity index (χ0n) is 13.9. The maximum Gasteiger partial charge on any atom is 0.253 e. The fourth-order valence-corrected chi connectivity index (χ4v) is 2.39. The van der Waals surface area contributed by atoms with Crippen LogP contribution in [0.3, 0.4) is 0 Å². The number of aromatic nitrogens is 3. The summed E-state index contributed by atoms with van der Waals surface area (Å²) in [6, 6.07) is 4.30. The number of amides is 2. The van der Waals surface area contributed by atoms with Gasteiger partial charge in [0.15, 0.2) is 0 Å². The summed E-state index contributed by atoms with van der Waals surface area (Å²) in [5.74, 6) is -0.397. The maximum atomic E-state index is 12.4. The molecule has 0 saturated carbocycles. The van der Waals surface area contributed by atoms with Crippen molar-refractivity contribution in [2.75, 3.05) is 18.4 Å². The van der Waals surface area contributed by atoms with Gasteiger partial charge in [-0.25, -0.2) is 9.67 Å². The van der Waals surface area contributed by atoms with Crippen LogP contribution in [-0.4, -0.2) is 44.6 Å². The lowest BCUT2D eigenvalue weighted by atomic mass is 10.1. The SMILES string of the molecule is CCN(CC)C(=O)c1ccc(Cl)c(NC(=O)[C@H](C)n2cncn2)c1. The molecule has 1 heterocycles. The summed E-state index contributed by atoms with van der Waals surface area (Å²) in [5, 5.41) is 7.05. The Bertz CT molecular complexity index is 713. The molecule has 1 aromatic heterocycles. The van der Waals surface area contributed by atoms with Crippen molar-refractivity contribution in [3.63, 3.8) is 0 Å². The molecule has 0 radical (unpaired) electrons. The van der Waals surface area contributed by atoms with Crippen molar-refractivity contribution >= 4 is 29.1 Å². The Morgan fingerprint density at radius 3 is 2.62 bits per heavy atom. The van der Waals surface area contributed by atoms with Crippen LogP contribution in [0.5, 0.6) is 0 Å². The van der Waals surface area contributed by atoms with E-state index >= 15 is 0 Å². The lowest BCUT2D eigenvalue weighted by Crippen LogP contribution is -2.30.